The van der Waals surface area contributed by atoms with Crippen LogP contribution in [0.3, 0.4) is 0 Å². The molecule has 2 aromatic rings. The zero-order valence-electron chi connectivity index (χ0n) is 14.7. The molecule has 0 bridgehead atoms. The Balaban J connectivity index is 2.22. The summed E-state index contributed by atoms with van der Waals surface area (Å²) in [5.41, 5.74) is 2.85. The maximum Gasteiger partial charge on any atom is 0.337 e. The second-order valence-corrected chi connectivity index (χ2v) is 5.28. The second kappa shape index (κ2) is 9.13. The normalized spacial score (nSPS) is 10.6. The maximum absolute atomic E-state index is 11.3. The van der Waals surface area contributed by atoms with E-state index in [9.17, 15) is 14.9 Å². The highest BCUT2D eigenvalue weighted by Gasteiger charge is 2.21. The van der Waals surface area contributed by atoms with Gasteiger partial charge in [-0.25, -0.2) is 9.78 Å². The molecule has 2 rings (SSSR count). The van der Waals surface area contributed by atoms with Crippen LogP contribution < -0.4 is 14.9 Å². The molecule has 142 valence electrons. The summed E-state index contributed by atoms with van der Waals surface area (Å²) in [7, 11) is 1.39. The lowest BCUT2D eigenvalue weighted by Crippen LogP contribution is -2.03. The van der Waals surface area contributed by atoms with Gasteiger partial charge in [-0.3, -0.25) is 15.5 Å². The van der Waals surface area contributed by atoms with Gasteiger partial charge in [0.05, 0.1) is 30.4 Å². The highest BCUT2D eigenvalue weighted by molar-refractivity contribution is 5.87. The standard InChI is InChI=1S/C17H18N4O6/c1-3-6-27-16-13(21(24)25)7-11(8-14(16)26-2)9-19-20-15-5-4-12(10-18-15)17(22)23/h4-5,7-10H,3,6H2,1-2H3,(H,18,20)(H,22,23)/b19-9+. The number of aromatic nitrogens is 1. The molecule has 0 aliphatic carbocycles. The van der Waals surface area contributed by atoms with Crippen LogP contribution in [0.2, 0.25) is 0 Å². The van der Waals surface area contributed by atoms with Crippen LogP contribution in [0, 0.1) is 10.1 Å². The monoisotopic (exact) mass is 374 g/mol. The van der Waals surface area contributed by atoms with Gasteiger partial charge in [0.15, 0.2) is 5.75 Å². The summed E-state index contributed by atoms with van der Waals surface area (Å²) in [6, 6.07) is 5.70. The van der Waals surface area contributed by atoms with E-state index in [0.717, 1.165) is 0 Å². The minimum atomic E-state index is -1.08. The molecule has 0 fully saturated rings. The van der Waals surface area contributed by atoms with Crippen molar-refractivity contribution < 1.29 is 24.3 Å². The van der Waals surface area contributed by atoms with Gasteiger partial charge in [0, 0.05) is 17.8 Å². The van der Waals surface area contributed by atoms with Crippen LogP contribution in [0.5, 0.6) is 11.5 Å². The molecular formula is C17H18N4O6. The molecule has 0 spiro atoms. The van der Waals surface area contributed by atoms with Gasteiger partial charge in [0.1, 0.15) is 5.82 Å². The highest BCUT2D eigenvalue weighted by Crippen LogP contribution is 2.38. The summed E-state index contributed by atoms with van der Waals surface area (Å²) in [4.78, 5) is 25.5. The van der Waals surface area contributed by atoms with Crippen molar-refractivity contribution in [2.75, 3.05) is 19.1 Å². The molecule has 0 aliphatic rings. The number of carboxylic acid groups (broad SMARTS) is 1. The summed E-state index contributed by atoms with van der Waals surface area (Å²) in [6.07, 6.45) is 3.24. The number of aromatic carboxylic acids is 1. The average molecular weight is 374 g/mol. The fourth-order valence-electron chi connectivity index (χ4n) is 2.08. The quantitative estimate of drug-likeness (QED) is 0.388. The molecule has 1 aromatic carbocycles. The van der Waals surface area contributed by atoms with Gasteiger partial charge in [0.2, 0.25) is 5.75 Å². The average Bonchev–Trinajstić information content (AvgIpc) is 2.66. The van der Waals surface area contributed by atoms with Crippen LogP contribution in [0.1, 0.15) is 29.3 Å². The summed E-state index contributed by atoms with van der Waals surface area (Å²) in [6.45, 7) is 2.21. The molecule has 27 heavy (non-hydrogen) atoms. The van der Waals surface area contributed by atoms with E-state index in [4.69, 9.17) is 14.6 Å². The number of anilines is 1. The van der Waals surface area contributed by atoms with Crippen molar-refractivity contribution in [3.8, 4) is 11.5 Å². The van der Waals surface area contributed by atoms with E-state index in [-0.39, 0.29) is 22.7 Å². The first kappa shape index (κ1) is 19.6. The third-order valence-corrected chi connectivity index (χ3v) is 3.33. The number of methoxy groups -OCH3 is 1. The number of carboxylic acids is 1. The first-order valence-corrected chi connectivity index (χ1v) is 7.94. The van der Waals surface area contributed by atoms with E-state index in [0.29, 0.717) is 24.4 Å². The van der Waals surface area contributed by atoms with Gasteiger partial charge >= 0.3 is 11.7 Å². The molecule has 0 radical (unpaired) electrons. The third kappa shape index (κ3) is 5.14. The first-order valence-electron chi connectivity index (χ1n) is 7.94. The summed E-state index contributed by atoms with van der Waals surface area (Å²) in [5.74, 6) is -0.466. The summed E-state index contributed by atoms with van der Waals surface area (Å²) < 4.78 is 10.6. The fourth-order valence-corrected chi connectivity index (χ4v) is 2.08. The van der Waals surface area contributed by atoms with Crippen LogP contribution in [0.4, 0.5) is 11.5 Å². The molecule has 2 N–H and O–H groups in total. The first-order chi connectivity index (χ1) is 13.0. The Morgan fingerprint density at radius 1 is 1.44 bits per heavy atom. The van der Waals surface area contributed by atoms with Crippen LogP contribution >= 0.6 is 0 Å². The molecule has 0 saturated carbocycles. The second-order valence-electron chi connectivity index (χ2n) is 5.28. The zero-order valence-corrected chi connectivity index (χ0v) is 14.7. The smallest absolute Gasteiger partial charge is 0.337 e. The van der Waals surface area contributed by atoms with E-state index in [2.05, 4.69) is 15.5 Å². The van der Waals surface area contributed by atoms with Crippen molar-refractivity contribution >= 4 is 23.7 Å². The number of benzene rings is 1. The van der Waals surface area contributed by atoms with Crippen molar-refractivity contribution in [3.05, 3.63) is 51.7 Å². The Hall–Kier alpha value is -3.69. The van der Waals surface area contributed by atoms with Crippen molar-refractivity contribution in [3.63, 3.8) is 0 Å². The molecule has 1 heterocycles. The molecule has 0 unspecified atom stereocenters. The van der Waals surface area contributed by atoms with Crippen molar-refractivity contribution in [1.29, 1.82) is 0 Å². The van der Waals surface area contributed by atoms with Gasteiger partial charge < -0.3 is 14.6 Å². The van der Waals surface area contributed by atoms with Crippen LogP contribution in [0.25, 0.3) is 0 Å². The third-order valence-electron chi connectivity index (χ3n) is 3.33. The van der Waals surface area contributed by atoms with E-state index in [1.807, 2.05) is 6.92 Å². The number of nitrogens with zero attached hydrogens (tertiary/aromatic N) is 3. The maximum atomic E-state index is 11.3. The van der Waals surface area contributed by atoms with Crippen LogP contribution in [-0.2, 0) is 0 Å². The fraction of sp³-hybridized carbons (Fsp3) is 0.235. The van der Waals surface area contributed by atoms with Crippen LogP contribution in [0.15, 0.2) is 35.6 Å². The Morgan fingerprint density at radius 3 is 2.78 bits per heavy atom. The van der Waals surface area contributed by atoms with Crippen molar-refractivity contribution in [2.45, 2.75) is 13.3 Å². The number of nitro benzene ring substituents is 1. The highest BCUT2D eigenvalue weighted by atomic mass is 16.6. The molecular weight excluding hydrogens is 356 g/mol. The lowest BCUT2D eigenvalue weighted by molar-refractivity contribution is -0.386. The van der Waals surface area contributed by atoms with Gasteiger partial charge in [-0.15, -0.1) is 0 Å². The minimum Gasteiger partial charge on any atom is -0.493 e. The topological polar surface area (TPSA) is 136 Å². The predicted molar refractivity (Wildman–Crippen MR) is 97.8 cm³/mol. The van der Waals surface area contributed by atoms with Crippen molar-refractivity contribution in [1.82, 2.24) is 4.98 Å². The predicted octanol–water partition coefficient (Wildman–Crippen LogP) is 2.93. The summed E-state index contributed by atoms with van der Waals surface area (Å²) >= 11 is 0. The Morgan fingerprint density at radius 2 is 2.22 bits per heavy atom. The SMILES string of the molecule is CCCOc1c(OC)cc(/C=N/Nc2ccc(C(=O)O)cn2)cc1[N+](=O)[O-]. The lowest BCUT2D eigenvalue weighted by Gasteiger charge is -2.11. The van der Waals surface area contributed by atoms with E-state index >= 15 is 0 Å². The lowest BCUT2D eigenvalue weighted by atomic mass is 10.2. The van der Waals surface area contributed by atoms with Gasteiger partial charge in [-0.05, 0) is 24.6 Å². The van der Waals surface area contributed by atoms with E-state index in [1.165, 1.54) is 37.7 Å². The van der Waals surface area contributed by atoms with E-state index in [1.54, 1.807) is 6.07 Å². The van der Waals surface area contributed by atoms with E-state index < -0.39 is 10.9 Å². The van der Waals surface area contributed by atoms with Gasteiger partial charge in [-0.1, -0.05) is 6.92 Å². The number of ether oxygens (including phenoxy) is 2. The van der Waals surface area contributed by atoms with Gasteiger partial charge in [0.25, 0.3) is 0 Å². The Bertz CT molecular complexity index is 851. The molecule has 0 atom stereocenters. The molecule has 0 saturated heterocycles. The number of hydrogen-bond acceptors (Lipinski definition) is 8. The molecule has 10 nitrogen and oxygen atoms in total. The Kier molecular flexibility index (Phi) is 6.64. The largest absolute Gasteiger partial charge is 0.493 e. The Labute approximate surface area is 154 Å². The molecule has 10 heteroatoms. The molecule has 1 aromatic heterocycles. The molecule has 0 amide bonds. The number of carbonyl (C=O) groups is 1. The number of hydrazone groups is 1. The summed E-state index contributed by atoms with van der Waals surface area (Å²) in [5, 5.41) is 24.1. The van der Waals surface area contributed by atoms with Crippen LogP contribution in [-0.4, -0.2) is 40.9 Å². The van der Waals surface area contributed by atoms with Gasteiger partial charge in [-0.2, -0.15) is 5.10 Å². The number of pyridine rings is 1. The number of nitrogens with one attached hydrogen (secondary N) is 1. The minimum absolute atomic E-state index is 0.0487. The zero-order chi connectivity index (χ0) is 19.8. The number of rotatable bonds is 9. The van der Waals surface area contributed by atoms with Crippen molar-refractivity contribution in [2.24, 2.45) is 5.10 Å². The molecule has 0 aliphatic heterocycles. The number of nitro groups is 1. The number of hydrogen-bond donors (Lipinski definition) is 2.